The van der Waals surface area contributed by atoms with E-state index in [4.69, 9.17) is 9.62 Å². The van der Waals surface area contributed by atoms with E-state index in [1.807, 2.05) is 34.8 Å². The third kappa shape index (κ3) is 3.58. The number of hydrogen-bond donors (Lipinski definition) is 1. The molecule has 1 N–H and O–H groups in total. The van der Waals surface area contributed by atoms with Crippen LogP contribution in [0.15, 0.2) is 45.7 Å². The summed E-state index contributed by atoms with van der Waals surface area (Å²) in [5.41, 5.74) is 4.27. The van der Waals surface area contributed by atoms with Gasteiger partial charge in [0.15, 0.2) is 0 Å². The Morgan fingerprint density at radius 1 is 1.22 bits per heavy atom. The number of H-pyrrole nitrogens is 1. The molecule has 0 spiro atoms. The van der Waals surface area contributed by atoms with Crippen molar-refractivity contribution in [1.82, 2.24) is 19.8 Å². The maximum atomic E-state index is 12.6. The Bertz CT molecular complexity index is 1000. The first kappa shape index (κ1) is 17.3. The molecule has 4 rings (SSSR count). The average Bonchev–Trinajstić information content (AvgIpc) is 3.15. The monoisotopic (exact) mass is 366 g/mol. The lowest BCUT2D eigenvalue weighted by atomic mass is 10.0. The van der Waals surface area contributed by atoms with Crippen molar-refractivity contribution < 1.29 is 9.32 Å². The number of carbonyl (C=O) groups is 1. The number of rotatable bonds is 4. The molecule has 0 saturated carbocycles. The van der Waals surface area contributed by atoms with Crippen molar-refractivity contribution in [3.8, 4) is 11.3 Å². The van der Waals surface area contributed by atoms with E-state index in [0.29, 0.717) is 31.7 Å². The Morgan fingerprint density at radius 3 is 2.74 bits per heavy atom. The molecule has 0 fully saturated rings. The van der Waals surface area contributed by atoms with Gasteiger partial charge in [-0.1, -0.05) is 30.3 Å². The first-order valence-electron chi connectivity index (χ1n) is 9.17. The van der Waals surface area contributed by atoms with Crippen LogP contribution in [-0.4, -0.2) is 38.8 Å². The Kier molecular flexibility index (Phi) is 4.66. The van der Waals surface area contributed by atoms with Gasteiger partial charge in [-0.3, -0.25) is 14.3 Å². The number of aromatic nitrogens is 3. The molecule has 27 heavy (non-hydrogen) atoms. The van der Waals surface area contributed by atoms with Gasteiger partial charge in [0.05, 0.1) is 5.69 Å². The number of aromatic amines is 1. The third-order valence-electron chi connectivity index (χ3n) is 5.09. The lowest BCUT2D eigenvalue weighted by Gasteiger charge is -2.20. The molecule has 2 aromatic heterocycles. The molecule has 0 aliphatic carbocycles. The summed E-state index contributed by atoms with van der Waals surface area (Å²) >= 11 is 0. The number of fused-ring (bicyclic) bond motifs is 1. The molecule has 0 saturated heterocycles. The van der Waals surface area contributed by atoms with Crippen LogP contribution in [0.5, 0.6) is 0 Å². The molecule has 1 aliphatic heterocycles. The highest BCUT2D eigenvalue weighted by molar-refractivity contribution is 5.76. The van der Waals surface area contributed by atoms with Gasteiger partial charge in [-0.25, -0.2) is 0 Å². The van der Waals surface area contributed by atoms with Crippen LogP contribution in [0.25, 0.3) is 11.3 Å². The molecular weight excluding hydrogens is 344 g/mol. The summed E-state index contributed by atoms with van der Waals surface area (Å²) in [7, 11) is 1.97. The molecule has 1 aromatic carbocycles. The number of nitrogens with one attached hydrogen (secondary N) is 1. The molecule has 3 aromatic rings. The van der Waals surface area contributed by atoms with Crippen LogP contribution in [0.1, 0.15) is 23.4 Å². The molecule has 140 valence electrons. The minimum absolute atomic E-state index is 0.0841. The van der Waals surface area contributed by atoms with Crippen molar-refractivity contribution in [1.29, 1.82) is 0 Å². The van der Waals surface area contributed by atoms with Crippen LogP contribution in [0.4, 0.5) is 0 Å². The Hall–Kier alpha value is -3.09. The maximum Gasteiger partial charge on any atom is 0.280 e. The Balaban J connectivity index is 1.47. The minimum atomic E-state index is -0.274. The molecular formula is C20H22N4O3. The van der Waals surface area contributed by atoms with E-state index in [1.165, 1.54) is 17.3 Å². The summed E-state index contributed by atoms with van der Waals surface area (Å²) in [6, 6.07) is 11.6. The van der Waals surface area contributed by atoms with E-state index >= 15 is 0 Å². The molecule has 7 nitrogen and oxygen atoms in total. The van der Waals surface area contributed by atoms with Crippen LogP contribution in [0.3, 0.4) is 0 Å². The van der Waals surface area contributed by atoms with Crippen molar-refractivity contribution in [2.24, 2.45) is 7.05 Å². The van der Waals surface area contributed by atoms with Gasteiger partial charge in [0.25, 0.3) is 5.56 Å². The second kappa shape index (κ2) is 7.26. The molecule has 1 amide bonds. The van der Waals surface area contributed by atoms with Gasteiger partial charge in [0, 0.05) is 62.3 Å². The third-order valence-corrected chi connectivity index (χ3v) is 5.09. The van der Waals surface area contributed by atoms with E-state index in [0.717, 1.165) is 24.1 Å². The standard InChI is InChI=1S/C20H22N4O3/c1-23-17-10-12-24(19(26)8-7-15-13-18(25)22-27-15)11-9-16(17)20(21-23)14-5-3-2-4-6-14/h2-6,13H,7-12H2,1H3,(H,22,25). The summed E-state index contributed by atoms with van der Waals surface area (Å²) in [4.78, 5) is 25.6. The number of carbonyl (C=O) groups excluding carboxylic acids is 1. The van der Waals surface area contributed by atoms with Crippen molar-refractivity contribution in [3.05, 3.63) is 63.8 Å². The highest BCUT2D eigenvalue weighted by Gasteiger charge is 2.24. The van der Waals surface area contributed by atoms with Gasteiger partial charge in [-0.15, -0.1) is 0 Å². The molecule has 3 heterocycles. The van der Waals surface area contributed by atoms with Gasteiger partial charge in [0.2, 0.25) is 5.91 Å². The highest BCUT2D eigenvalue weighted by Crippen LogP contribution is 2.28. The zero-order valence-electron chi connectivity index (χ0n) is 15.3. The summed E-state index contributed by atoms with van der Waals surface area (Å²) < 4.78 is 6.97. The van der Waals surface area contributed by atoms with Crippen LogP contribution in [0, 0.1) is 0 Å². The Morgan fingerprint density at radius 2 is 2.00 bits per heavy atom. The van der Waals surface area contributed by atoms with Crippen molar-refractivity contribution >= 4 is 5.91 Å². The van der Waals surface area contributed by atoms with Crippen LogP contribution in [-0.2, 0) is 31.1 Å². The summed E-state index contributed by atoms with van der Waals surface area (Å²) in [6.45, 7) is 1.35. The zero-order chi connectivity index (χ0) is 18.8. The average molecular weight is 366 g/mol. The smallest absolute Gasteiger partial charge is 0.280 e. The highest BCUT2D eigenvalue weighted by atomic mass is 16.5. The van der Waals surface area contributed by atoms with E-state index in [2.05, 4.69) is 17.3 Å². The second-order valence-electron chi connectivity index (χ2n) is 6.82. The normalized spacial score (nSPS) is 14.0. The number of aryl methyl sites for hydroxylation is 2. The first-order chi connectivity index (χ1) is 13.1. The molecule has 7 heteroatoms. The lowest BCUT2D eigenvalue weighted by molar-refractivity contribution is -0.131. The fraction of sp³-hybridized carbons (Fsp3) is 0.350. The molecule has 1 aliphatic rings. The van der Waals surface area contributed by atoms with Crippen LogP contribution < -0.4 is 5.56 Å². The fourth-order valence-electron chi connectivity index (χ4n) is 3.69. The van der Waals surface area contributed by atoms with Crippen LogP contribution in [0.2, 0.25) is 0 Å². The lowest BCUT2D eigenvalue weighted by Crippen LogP contribution is -2.33. The Labute approximate surface area is 156 Å². The van der Waals surface area contributed by atoms with E-state index in [-0.39, 0.29) is 11.5 Å². The molecule has 0 bridgehead atoms. The predicted octanol–water partition coefficient (Wildman–Crippen LogP) is 1.93. The van der Waals surface area contributed by atoms with Gasteiger partial charge < -0.3 is 9.42 Å². The van der Waals surface area contributed by atoms with Gasteiger partial charge >= 0.3 is 0 Å². The number of nitrogens with zero attached hydrogens (tertiary/aromatic N) is 3. The van der Waals surface area contributed by atoms with Gasteiger partial charge in [-0.05, 0) is 6.42 Å². The number of hydrogen-bond acceptors (Lipinski definition) is 4. The van der Waals surface area contributed by atoms with Crippen LogP contribution >= 0.6 is 0 Å². The largest absolute Gasteiger partial charge is 0.384 e. The van der Waals surface area contributed by atoms with Crippen molar-refractivity contribution in [2.75, 3.05) is 13.1 Å². The van der Waals surface area contributed by atoms with Crippen molar-refractivity contribution in [2.45, 2.75) is 25.7 Å². The van der Waals surface area contributed by atoms with E-state index < -0.39 is 0 Å². The number of benzene rings is 1. The maximum absolute atomic E-state index is 12.6. The summed E-state index contributed by atoms with van der Waals surface area (Å²) in [5, 5.41) is 6.97. The topological polar surface area (TPSA) is 84.1 Å². The fourth-order valence-corrected chi connectivity index (χ4v) is 3.69. The summed E-state index contributed by atoms with van der Waals surface area (Å²) in [6.07, 6.45) is 2.34. The zero-order valence-corrected chi connectivity index (χ0v) is 15.3. The van der Waals surface area contributed by atoms with E-state index in [9.17, 15) is 9.59 Å². The van der Waals surface area contributed by atoms with Gasteiger partial charge in [0.1, 0.15) is 5.76 Å². The molecule has 0 atom stereocenters. The number of amides is 1. The minimum Gasteiger partial charge on any atom is -0.384 e. The van der Waals surface area contributed by atoms with E-state index in [1.54, 1.807) is 0 Å². The van der Waals surface area contributed by atoms with Crippen molar-refractivity contribution in [3.63, 3.8) is 0 Å². The second-order valence-corrected chi connectivity index (χ2v) is 6.82. The molecule has 0 radical (unpaired) electrons. The molecule has 0 unspecified atom stereocenters. The van der Waals surface area contributed by atoms with Gasteiger partial charge in [-0.2, -0.15) is 10.3 Å². The SMILES string of the molecule is Cn1nc(-c2ccccc2)c2c1CCN(C(=O)CCc1cc(=O)[nH]o1)CC2. The predicted molar refractivity (Wildman–Crippen MR) is 100 cm³/mol. The quantitative estimate of drug-likeness (QED) is 0.765. The first-order valence-corrected chi connectivity index (χ1v) is 9.17. The summed E-state index contributed by atoms with van der Waals surface area (Å²) in [5.74, 6) is 0.600.